The highest BCUT2D eigenvalue weighted by molar-refractivity contribution is 6.32. The SMILES string of the molecule is COC(=O)[C@]1(c2ccccc2)CCc2nc(Cl)nc(Cl)c2C1. The van der Waals surface area contributed by atoms with Gasteiger partial charge in [-0.15, -0.1) is 0 Å². The van der Waals surface area contributed by atoms with E-state index >= 15 is 0 Å². The number of fused-ring (bicyclic) bond motifs is 1. The minimum atomic E-state index is -0.760. The number of aromatic nitrogens is 2. The Labute approximate surface area is 138 Å². The third kappa shape index (κ3) is 2.46. The molecule has 0 amide bonds. The molecule has 1 aromatic carbocycles. The summed E-state index contributed by atoms with van der Waals surface area (Å²) in [4.78, 5) is 20.8. The molecule has 0 bridgehead atoms. The zero-order chi connectivity index (χ0) is 15.7. The lowest BCUT2D eigenvalue weighted by atomic mass is 9.68. The van der Waals surface area contributed by atoms with Crippen LogP contribution < -0.4 is 0 Å². The summed E-state index contributed by atoms with van der Waals surface area (Å²) in [5.41, 5.74) is 1.73. The maximum Gasteiger partial charge on any atom is 0.316 e. The zero-order valence-electron chi connectivity index (χ0n) is 12.0. The summed E-state index contributed by atoms with van der Waals surface area (Å²) in [6.45, 7) is 0. The fourth-order valence-corrected chi connectivity index (χ4v) is 3.55. The Kier molecular flexibility index (Phi) is 4.06. The summed E-state index contributed by atoms with van der Waals surface area (Å²) in [6, 6.07) is 9.62. The lowest BCUT2D eigenvalue weighted by molar-refractivity contribution is -0.148. The van der Waals surface area contributed by atoms with Crippen LogP contribution in [0.3, 0.4) is 0 Å². The van der Waals surface area contributed by atoms with E-state index in [4.69, 9.17) is 27.9 Å². The van der Waals surface area contributed by atoms with Gasteiger partial charge in [0.25, 0.3) is 0 Å². The largest absolute Gasteiger partial charge is 0.468 e. The first kappa shape index (κ1) is 15.3. The topological polar surface area (TPSA) is 52.1 Å². The van der Waals surface area contributed by atoms with Crippen LogP contribution in [0, 0.1) is 0 Å². The Morgan fingerprint density at radius 1 is 1.23 bits per heavy atom. The number of carbonyl (C=O) groups excluding carboxylic acids is 1. The van der Waals surface area contributed by atoms with E-state index in [1.54, 1.807) is 0 Å². The van der Waals surface area contributed by atoms with Gasteiger partial charge in [-0.3, -0.25) is 4.79 Å². The Morgan fingerprint density at radius 3 is 2.64 bits per heavy atom. The summed E-state index contributed by atoms with van der Waals surface area (Å²) < 4.78 is 5.08. The zero-order valence-corrected chi connectivity index (χ0v) is 13.5. The van der Waals surface area contributed by atoms with Gasteiger partial charge in [-0.2, -0.15) is 0 Å². The summed E-state index contributed by atoms with van der Waals surface area (Å²) >= 11 is 12.1. The average molecular weight is 337 g/mol. The first-order valence-electron chi connectivity index (χ1n) is 6.91. The van der Waals surface area contributed by atoms with Crippen LogP contribution in [-0.4, -0.2) is 23.0 Å². The van der Waals surface area contributed by atoms with E-state index in [1.807, 2.05) is 30.3 Å². The molecule has 6 heteroatoms. The van der Waals surface area contributed by atoms with Crippen LogP contribution in [-0.2, 0) is 27.8 Å². The summed E-state index contributed by atoms with van der Waals surface area (Å²) in [7, 11) is 1.41. The molecule has 1 atom stereocenters. The quantitative estimate of drug-likeness (QED) is 0.479. The fourth-order valence-electron chi connectivity index (χ4n) is 3.07. The third-order valence-corrected chi connectivity index (χ3v) is 4.67. The number of ether oxygens (including phenoxy) is 1. The van der Waals surface area contributed by atoms with E-state index < -0.39 is 5.41 Å². The lowest BCUT2D eigenvalue weighted by Crippen LogP contribution is -2.42. The Morgan fingerprint density at radius 2 is 1.95 bits per heavy atom. The van der Waals surface area contributed by atoms with Crippen molar-refractivity contribution in [1.29, 1.82) is 0 Å². The number of aryl methyl sites for hydroxylation is 1. The molecular formula is C16H14Cl2N2O2. The van der Waals surface area contributed by atoms with Crippen LogP contribution >= 0.6 is 23.2 Å². The maximum atomic E-state index is 12.5. The first-order valence-corrected chi connectivity index (χ1v) is 7.67. The minimum Gasteiger partial charge on any atom is -0.468 e. The van der Waals surface area contributed by atoms with E-state index in [2.05, 4.69) is 9.97 Å². The number of halogens is 2. The second-order valence-electron chi connectivity index (χ2n) is 5.33. The molecule has 0 saturated carbocycles. The van der Waals surface area contributed by atoms with Gasteiger partial charge in [-0.25, -0.2) is 9.97 Å². The van der Waals surface area contributed by atoms with Crippen molar-refractivity contribution >= 4 is 29.2 Å². The molecule has 0 N–H and O–H groups in total. The molecule has 0 saturated heterocycles. The van der Waals surface area contributed by atoms with Crippen molar-refractivity contribution in [2.45, 2.75) is 24.7 Å². The predicted octanol–water partition coefficient (Wildman–Crippen LogP) is 3.38. The first-order chi connectivity index (χ1) is 10.6. The summed E-state index contributed by atoms with van der Waals surface area (Å²) in [6.07, 6.45) is 1.61. The normalized spacial score (nSPS) is 20.3. The van der Waals surface area contributed by atoms with Crippen molar-refractivity contribution in [1.82, 2.24) is 9.97 Å². The van der Waals surface area contributed by atoms with Gasteiger partial charge < -0.3 is 4.74 Å². The van der Waals surface area contributed by atoms with Crippen molar-refractivity contribution < 1.29 is 9.53 Å². The Hall–Kier alpha value is -1.65. The number of hydrogen-bond acceptors (Lipinski definition) is 4. The molecule has 1 heterocycles. The lowest BCUT2D eigenvalue weighted by Gasteiger charge is -2.35. The van der Waals surface area contributed by atoms with Crippen LogP contribution in [0.5, 0.6) is 0 Å². The number of methoxy groups -OCH3 is 1. The van der Waals surface area contributed by atoms with Gasteiger partial charge in [-0.05, 0) is 36.4 Å². The second-order valence-corrected chi connectivity index (χ2v) is 6.02. The highest BCUT2D eigenvalue weighted by Gasteiger charge is 2.45. The number of benzene rings is 1. The van der Waals surface area contributed by atoms with Gasteiger partial charge in [0.05, 0.1) is 18.2 Å². The summed E-state index contributed by atoms with van der Waals surface area (Å²) in [5, 5.41) is 0.438. The number of carbonyl (C=O) groups is 1. The average Bonchev–Trinajstić information content (AvgIpc) is 2.54. The molecule has 0 radical (unpaired) electrons. The Balaban J connectivity index is 2.12. The van der Waals surface area contributed by atoms with Crippen LogP contribution in [0.25, 0.3) is 0 Å². The molecule has 2 aromatic rings. The van der Waals surface area contributed by atoms with Crippen molar-refractivity contribution in [3.63, 3.8) is 0 Å². The monoisotopic (exact) mass is 336 g/mol. The van der Waals surface area contributed by atoms with E-state index in [-0.39, 0.29) is 11.3 Å². The number of rotatable bonds is 2. The van der Waals surface area contributed by atoms with Crippen molar-refractivity contribution in [2.75, 3.05) is 7.11 Å². The van der Waals surface area contributed by atoms with Gasteiger partial charge >= 0.3 is 5.97 Å². The van der Waals surface area contributed by atoms with Crippen LogP contribution in [0.4, 0.5) is 0 Å². The molecule has 3 rings (SSSR count). The third-order valence-electron chi connectivity index (χ3n) is 4.18. The van der Waals surface area contributed by atoms with Crippen molar-refractivity contribution in [3.8, 4) is 0 Å². The van der Waals surface area contributed by atoms with Crippen molar-refractivity contribution in [3.05, 3.63) is 57.6 Å². The fraction of sp³-hybridized carbons (Fsp3) is 0.312. The van der Waals surface area contributed by atoms with Gasteiger partial charge in [-0.1, -0.05) is 41.9 Å². The van der Waals surface area contributed by atoms with Crippen LogP contribution in [0.1, 0.15) is 23.2 Å². The van der Waals surface area contributed by atoms with Gasteiger partial charge in [0.15, 0.2) is 0 Å². The Bertz CT molecular complexity index is 722. The molecule has 0 aliphatic heterocycles. The molecule has 114 valence electrons. The van der Waals surface area contributed by atoms with Crippen LogP contribution in [0.2, 0.25) is 10.4 Å². The van der Waals surface area contributed by atoms with Crippen molar-refractivity contribution in [2.24, 2.45) is 0 Å². The maximum absolute atomic E-state index is 12.5. The highest BCUT2D eigenvalue weighted by atomic mass is 35.5. The number of nitrogens with zero attached hydrogens (tertiary/aromatic N) is 2. The van der Waals surface area contributed by atoms with Gasteiger partial charge in [0.2, 0.25) is 5.28 Å². The van der Waals surface area contributed by atoms with E-state index in [0.29, 0.717) is 24.4 Å². The van der Waals surface area contributed by atoms with E-state index in [0.717, 1.165) is 16.8 Å². The highest BCUT2D eigenvalue weighted by Crippen LogP contribution is 2.41. The second kappa shape index (κ2) is 5.86. The predicted molar refractivity (Wildman–Crippen MR) is 84.2 cm³/mol. The smallest absolute Gasteiger partial charge is 0.316 e. The molecule has 0 unspecified atom stereocenters. The molecular weight excluding hydrogens is 323 g/mol. The molecule has 4 nitrogen and oxygen atoms in total. The van der Waals surface area contributed by atoms with E-state index in [9.17, 15) is 4.79 Å². The number of esters is 1. The standard InChI is InChI=1S/C16H14Cl2N2O2/c1-22-14(21)16(10-5-3-2-4-6-10)8-7-12-11(9-16)13(17)20-15(18)19-12/h2-6H,7-9H2,1H3/t16-/m1/s1. The van der Waals surface area contributed by atoms with Gasteiger partial charge in [0, 0.05) is 5.56 Å². The minimum absolute atomic E-state index is 0.133. The van der Waals surface area contributed by atoms with Gasteiger partial charge in [0.1, 0.15) is 5.15 Å². The van der Waals surface area contributed by atoms with E-state index in [1.165, 1.54) is 7.11 Å². The van der Waals surface area contributed by atoms with Crippen LogP contribution in [0.15, 0.2) is 30.3 Å². The molecule has 1 aliphatic rings. The summed E-state index contributed by atoms with van der Waals surface area (Å²) in [5.74, 6) is -0.268. The molecule has 0 spiro atoms. The number of hydrogen-bond donors (Lipinski definition) is 0. The molecule has 1 aliphatic carbocycles. The molecule has 0 fully saturated rings. The molecule has 22 heavy (non-hydrogen) atoms. The molecule has 1 aromatic heterocycles.